The molecular weight excluding hydrogens is 316 g/mol. The van der Waals surface area contributed by atoms with Crippen LogP contribution in [0.15, 0.2) is 0 Å². The minimum Gasteiger partial charge on any atom is -0.393 e. The molecular formula is C21H32O4. The summed E-state index contributed by atoms with van der Waals surface area (Å²) in [6.45, 7) is 4.35. The highest BCUT2D eigenvalue weighted by molar-refractivity contribution is 5.27. The van der Waals surface area contributed by atoms with Crippen LogP contribution in [0.5, 0.6) is 0 Å². The third-order valence-electron chi connectivity index (χ3n) is 9.10. The number of terminal acetylenes is 1. The van der Waals surface area contributed by atoms with Crippen molar-refractivity contribution in [1.29, 1.82) is 0 Å². The Balaban J connectivity index is 1.72. The first-order chi connectivity index (χ1) is 11.7. The SMILES string of the molecule is C#C[C@]1(O)[C@@H](O)CC2C3C(O)C[C@@H]4C[C@@H](O)CC[C@]4(C)C3CC[C@@]21C. The van der Waals surface area contributed by atoms with Gasteiger partial charge in [0.15, 0.2) is 5.60 Å². The first kappa shape index (κ1) is 17.8. The molecule has 0 aliphatic heterocycles. The highest BCUT2D eigenvalue weighted by Gasteiger charge is 2.68. The van der Waals surface area contributed by atoms with E-state index < -0.39 is 23.2 Å². The number of aliphatic hydroxyl groups excluding tert-OH is 3. The standard InChI is InChI=1S/C21H32O4/c1-4-21(25)17(24)11-15-18-14(6-8-20(15,21)3)19(2)7-5-13(22)9-12(19)10-16(18)23/h1,12-18,22-25H,5-11H2,2-3H3/t12-,13-,14?,15?,16?,17-,18?,19-,20-,21-/m0/s1. The molecule has 0 saturated heterocycles. The summed E-state index contributed by atoms with van der Waals surface area (Å²) in [7, 11) is 0. The van der Waals surface area contributed by atoms with Crippen molar-refractivity contribution in [2.75, 3.05) is 0 Å². The number of fused-ring (bicyclic) bond motifs is 5. The van der Waals surface area contributed by atoms with Gasteiger partial charge in [-0.3, -0.25) is 0 Å². The minimum atomic E-state index is -1.50. The molecule has 0 spiro atoms. The van der Waals surface area contributed by atoms with Crippen molar-refractivity contribution in [2.45, 2.75) is 82.7 Å². The van der Waals surface area contributed by atoms with E-state index in [2.05, 4.69) is 12.8 Å². The normalized spacial score (nSPS) is 60.9. The second kappa shape index (κ2) is 5.45. The maximum atomic E-state index is 11.0. The topological polar surface area (TPSA) is 80.9 Å². The van der Waals surface area contributed by atoms with Gasteiger partial charge in [0.05, 0.1) is 18.3 Å². The van der Waals surface area contributed by atoms with E-state index in [1.807, 2.05) is 6.92 Å². The van der Waals surface area contributed by atoms with Gasteiger partial charge in [-0.05, 0) is 74.0 Å². The van der Waals surface area contributed by atoms with Crippen LogP contribution < -0.4 is 0 Å². The fourth-order valence-corrected chi connectivity index (χ4v) is 7.49. The zero-order valence-corrected chi connectivity index (χ0v) is 15.4. The highest BCUT2D eigenvalue weighted by Crippen LogP contribution is 2.68. The van der Waals surface area contributed by atoms with Gasteiger partial charge in [0, 0.05) is 5.41 Å². The fraction of sp³-hybridized carbons (Fsp3) is 0.905. The number of rotatable bonds is 0. The Morgan fingerprint density at radius 2 is 1.68 bits per heavy atom. The van der Waals surface area contributed by atoms with Gasteiger partial charge in [-0.1, -0.05) is 19.8 Å². The third-order valence-corrected chi connectivity index (χ3v) is 9.10. The predicted molar refractivity (Wildman–Crippen MR) is 94.3 cm³/mol. The lowest BCUT2D eigenvalue weighted by Gasteiger charge is -2.62. The lowest BCUT2D eigenvalue weighted by molar-refractivity contribution is -0.186. The van der Waals surface area contributed by atoms with Crippen molar-refractivity contribution in [3.63, 3.8) is 0 Å². The Morgan fingerprint density at radius 3 is 2.36 bits per heavy atom. The number of hydrogen-bond donors (Lipinski definition) is 4. The summed E-state index contributed by atoms with van der Waals surface area (Å²) >= 11 is 0. The van der Waals surface area contributed by atoms with Crippen LogP contribution in [0.3, 0.4) is 0 Å². The molecule has 4 saturated carbocycles. The van der Waals surface area contributed by atoms with Gasteiger partial charge < -0.3 is 20.4 Å². The predicted octanol–water partition coefficient (Wildman–Crippen LogP) is 1.70. The monoisotopic (exact) mass is 348 g/mol. The molecule has 4 unspecified atom stereocenters. The molecule has 0 aromatic rings. The van der Waals surface area contributed by atoms with Crippen molar-refractivity contribution in [2.24, 2.45) is 34.5 Å². The Labute approximate surface area is 150 Å². The van der Waals surface area contributed by atoms with Crippen LogP contribution in [0.2, 0.25) is 0 Å². The first-order valence-electron chi connectivity index (χ1n) is 9.91. The molecule has 4 fully saturated rings. The van der Waals surface area contributed by atoms with Gasteiger partial charge in [0.2, 0.25) is 0 Å². The van der Waals surface area contributed by atoms with Gasteiger partial charge in [0.1, 0.15) is 0 Å². The summed E-state index contributed by atoms with van der Waals surface area (Å²) in [6, 6.07) is 0. The van der Waals surface area contributed by atoms with E-state index in [0.29, 0.717) is 24.7 Å². The lowest BCUT2D eigenvalue weighted by Crippen LogP contribution is -2.60. The zero-order valence-electron chi connectivity index (χ0n) is 15.4. The summed E-state index contributed by atoms with van der Waals surface area (Å²) in [6.07, 6.45) is 9.57. The second-order valence-electron chi connectivity index (χ2n) is 9.84. The largest absolute Gasteiger partial charge is 0.393 e. The second-order valence-corrected chi connectivity index (χ2v) is 9.84. The van der Waals surface area contributed by atoms with E-state index in [0.717, 1.165) is 32.1 Å². The molecule has 4 aliphatic carbocycles. The quantitative estimate of drug-likeness (QED) is 0.502. The van der Waals surface area contributed by atoms with Crippen LogP contribution in [-0.2, 0) is 0 Å². The maximum absolute atomic E-state index is 11.0. The van der Waals surface area contributed by atoms with E-state index in [1.165, 1.54) is 0 Å². The Bertz CT molecular complexity index is 599. The number of hydrogen-bond acceptors (Lipinski definition) is 4. The third kappa shape index (κ3) is 2.10. The molecule has 0 aromatic carbocycles. The molecule has 4 heteroatoms. The van der Waals surface area contributed by atoms with Gasteiger partial charge in [-0.15, -0.1) is 6.42 Å². The van der Waals surface area contributed by atoms with Crippen LogP contribution in [0.1, 0.15) is 58.8 Å². The van der Waals surface area contributed by atoms with Gasteiger partial charge in [0.25, 0.3) is 0 Å². The molecule has 4 rings (SSSR count). The fourth-order valence-electron chi connectivity index (χ4n) is 7.49. The van der Waals surface area contributed by atoms with Crippen molar-refractivity contribution in [3.05, 3.63) is 0 Å². The van der Waals surface area contributed by atoms with Crippen LogP contribution in [0, 0.1) is 46.8 Å². The molecule has 0 amide bonds. The molecule has 0 bridgehead atoms. The van der Waals surface area contributed by atoms with E-state index in [4.69, 9.17) is 6.42 Å². The lowest BCUT2D eigenvalue weighted by atomic mass is 9.43. The summed E-state index contributed by atoms with van der Waals surface area (Å²) in [5, 5.41) is 42.7. The maximum Gasteiger partial charge on any atom is 0.156 e. The summed E-state index contributed by atoms with van der Waals surface area (Å²) in [5.41, 5.74) is -1.91. The molecule has 4 N–H and O–H groups in total. The van der Waals surface area contributed by atoms with E-state index in [-0.39, 0.29) is 23.4 Å². The van der Waals surface area contributed by atoms with Crippen molar-refractivity contribution in [1.82, 2.24) is 0 Å². The van der Waals surface area contributed by atoms with Crippen molar-refractivity contribution >= 4 is 0 Å². The van der Waals surface area contributed by atoms with Crippen molar-refractivity contribution in [3.8, 4) is 12.3 Å². The molecule has 0 radical (unpaired) electrons. The van der Waals surface area contributed by atoms with E-state index in [1.54, 1.807) is 0 Å². The van der Waals surface area contributed by atoms with Crippen LogP contribution in [0.4, 0.5) is 0 Å². The number of aliphatic hydroxyl groups is 4. The molecule has 4 nitrogen and oxygen atoms in total. The highest BCUT2D eigenvalue weighted by atomic mass is 16.3. The Morgan fingerprint density at radius 1 is 0.960 bits per heavy atom. The Hall–Kier alpha value is -0.600. The Kier molecular flexibility index (Phi) is 3.88. The summed E-state index contributed by atoms with van der Waals surface area (Å²) in [5.74, 6) is 3.35. The first-order valence-corrected chi connectivity index (χ1v) is 9.91. The average molecular weight is 348 g/mol. The van der Waals surface area contributed by atoms with Gasteiger partial charge >= 0.3 is 0 Å². The average Bonchev–Trinajstić information content (AvgIpc) is 2.77. The zero-order chi connectivity index (χ0) is 18.2. The summed E-state index contributed by atoms with van der Waals surface area (Å²) in [4.78, 5) is 0. The molecule has 25 heavy (non-hydrogen) atoms. The smallest absolute Gasteiger partial charge is 0.156 e. The molecule has 10 atom stereocenters. The molecule has 4 aliphatic rings. The minimum absolute atomic E-state index is 0.0434. The van der Waals surface area contributed by atoms with Crippen LogP contribution >= 0.6 is 0 Å². The van der Waals surface area contributed by atoms with Crippen LogP contribution in [0.25, 0.3) is 0 Å². The van der Waals surface area contributed by atoms with E-state index in [9.17, 15) is 20.4 Å². The van der Waals surface area contributed by atoms with Crippen LogP contribution in [-0.4, -0.2) is 44.3 Å². The molecule has 140 valence electrons. The van der Waals surface area contributed by atoms with Gasteiger partial charge in [-0.2, -0.15) is 0 Å². The summed E-state index contributed by atoms with van der Waals surface area (Å²) < 4.78 is 0. The molecule has 0 aromatic heterocycles. The van der Waals surface area contributed by atoms with E-state index >= 15 is 0 Å². The molecule has 0 heterocycles. The van der Waals surface area contributed by atoms with Crippen molar-refractivity contribution < 1.29 is 20.4 Å². The van der Waals surface area contributed by atoms with Gasteiger partial charge in [-0.25, -0.2) is 0 Å².